The summed E-state index contributed by atoms with van der Waals surface area (Å²) in [5.41, 5.74) is 1.78. The molecule has 9 heteroatoms. The first-order chi connectivity index (χ1) is 14.0. The van der Waals surface area contributed by atoms with E-state index in [2.05, 4.69) is 20.6 Å². The molecule has 0 radical (unpaired) electrons. The number of carbonyl (C=O) groups excluding carboxylic acids is 1. The standard InChI is InChI=1S/C20H14ClF2N5O/c21-15-11-28(10-13-3-1-2-4-16(13)23)27-19(15)24-20(29)18-9-17(25-26-18)12-5-7-14(22)8-6-12/h1-9,11H,10H2,(H,25,26)(H,24,27,29). The molecular formula is C20H14ClF2N5O. The van der Waals surface area contributed by atoms with Gasteiger partial charge in [-0.05, 0) is 36.4 Å². The summed E-state index contributed by atoms with van der Waals surface area (Å²) in [6, 6.07) is 13.6. The van der Waals surface area contributed by atoms with Crippen LogP contribution in [0, 0.1) is 11.6 Å². The second kappa shape index (κ2) is 7.84. The number of aromatic nitrogens is 4. The number of hydrogen-bond acceptors (Lipinski definition) is 3. The molecule has 0 aliphatic rings. The Morgan fingerprint density at radius 1 is 1.14 bits per heavy atom. The van der Waals surface area contributed by atoms with Crippen molar-refractivity contribution in [2.24, 2.45) is 0 Å². The lowest BCUT2D eigenvalue weighted by molar-refractivity contribution is 0.102. The predicted octanol–water partition coefficient (Wildman–Crippen LogP) is 4.51. The maximum absolute atomic E-state index is 13.8. The third-order valence-electron chi connectivity index (χ3n) is 4.20. The molecule has 0 atom stereocenters. The highest BCUT2D eigenvalue weighted by molar-refractivity contribution is 6.33. The molecule has 1 amide bonds. The van der Waals surface area contributed by atoms with Crippen molar-refractivity contribution in [3.8, 4) is 11.3 Å². The lowest BCUT2D eigenvalue weighted by atomic mass is 10.1. The summed E-state index contributed by atoms with van der Waals surface area (Å²) in [6.45, 7) is 0.168. The minimum absolute atomic E-state index is 0.144. The van der Waals surface area contributed by atoms with Gasteiger partial charge in [-0.25, -0.2) is 8.78 Å². The quantitative estimate of drug-likeness (QED) is 0.505. The largest absolute Gasteiger partial charge is 0.302 e. The fourth-order valence-electron chi connectivity index (χ4n) is 2.75. The van der Waals surface area contributed by atoms with E-state index in [1.54, 1.807) is 30.3 Å². The molecule has 146 valence electrons. The van der Waals surface area contributed by atoms with Crippen molar-refractivity contribution in [3.05, 3.63) is 88.7 Å². The first kappa shape index (κ1) is 18.8. The topological polar surface area (TPSA) is 75.6 Å². The van der Waals surface area contributed by atoms with Gasteiger partial charge in [0.15, 0.2) is 5.82 Å². The van der Waals surface area contributed by atoms with Gasteiger partial charge < -0.3 is 5.32 Å². The molecule has 2 N–H and O–H groups in total. The van der Waals surface area contributed by atoms with Gasteiger partial charge in [0, 0.05) is 17.3 Å². The molecule has 0 saturated heterocycles. The highest BCUT2D eigenvalue weighted by Gasteiger charge is 2.16. The number of H-pyrrole nitrogens is 1. The number of benzene rings is 2. The number of nitrogens with one attached hydrogen (secondary N) is 2. The summed E-state index contributed by atoms with van der Waals surface area (Å²) >= 11 is 6.15. The first-order valence-corrected chi connectivity index (χ1v) is 8.96. The number of hydrogen-bond donors (Lipinski definition) is 2. The van der Waals surface area contributed by atoms with Crippen molar-refractivity contribution in [1.29, 1.82) is 0 Å². The molecule has 0 spiro atoms. The number of carbonyl (C=O) groups is 1. The Morgan fingerprint density at radius 3 is 2.66 bits per heavy atom. The van der Waals surface area contributed by atoms with E-state index in [0.717, 1.165) is 0 Å². The van der Waals surface area contributed by atoms with Crippen LogP contribution in [0.2, 0.25) is 5.02 Å². The third-order valence-corrected chi connectivity index (χ3v) is 4.48. The molecule has 0 unspecified atom stereocenters. The zero-order chi connectivity index (χ0) is 20.4. The lowest BCUT2D eigenvalue weighted by Crippen LogP contribution is -2.13. The first-order valence-electron chi connectivity index (χ1n) is 8.58. The molecular weight excluding hydrogens is 400 g/mol. The summed E-state index contributed by atoms with van der Waals surface area (Å²) in [7, 11) is 0. The Morgan fingerprint density at radius 2 is 1.90 bits per heavy atom. The molecule has 4 rings (SSSR count). The summed E-state index contributed by atoms with van der Waals surface area (Å²) in [5.74, 6) is -1.06. The zero-order valence-electron chi connectivity index (χ0n) is 14.9. The number of nitrogens with zero attached hydrogens (tertiary/aromatic N) is 3. The zero-order valence-corrected chi connectivity index (χ0v) is 15.6. The monoisotopic (exact) mass is 413 g/mol. The number of anilines is 1. The van der Waals surface area contributed by atoms with Crippen molar-refractivity contribution >= 4 is 23.3 Å². The molecule has 0 aliphatic heterocycles. The van der Waals surface area contributed by atoms with Crippen LogP contribution in [-0.2, 0) is 6.54 Å². The van der Waals surface area contributed by atoms with Gasteiger partial charge in [0.25, 0.3) is 5.91 Å². The van der Waals surface area contributed by atoms with Gasteiger partial charge in [-0.2, -0.15) is 10.2 Å². The van der Waals surface area contributed by atoms with Gasteiger partial charge in [-0.15, -0.1) is 0 Å². The van der Waals surface area contributed by atoms with E-state index in [-0.39, 0.29) is 34.7 Å². The van der Waals surface area contributed by atoms with Crippen LogP contribution in [0.4, 0.5) is 14.6 Å². The Kier molecular flexibility index (Phi) is 5.09. The van der Waals surface area contributed by atoms with Gasteiger partial charge in [0.1, 0.15) is 22.4 Å². The Hall–Kier alpha value is -3.52. The molecule has 0 aliphatic carbocycles. The minimum Gasteiger partial charge on any atom is -0.302 e. The van der Waals surface area contributed by atoms with Crippen LogP contribution in [0.25, 0.3) is 11.3 Å². The molecule has 6 nitrogen and oxygen atoms in total. The van der Waals surface area contributed by atoms with Crippen LogP contribution >= 0.6 is 11.6 Å². The van der Waals surface area contributed by atoms with Crippen molar-refractivity contribution in [2.75, 3.05) is 5.32 Å². The third kappa shape index (κ3) is 4.17. The molecule has 2 heterocycles. The van der Waals surface area contributed by atoms with Crippen LogP contribution in [0.5, 0.6) is 0 Å². The Balaban J connectivity index is 1.48. The maximum Gasteiger partial charge on any atom is 0.274 e. The van der Waals surface area contributed by atoms with E-state index in [1.165, 1.54) is 35.1 Å². The van der Waals surface area contributed by atoms with Crippen LogP contribution in [0.15, 0.2) is 60.8 Å². The minimum atomic E-state index is -0.496. The molecule has 0 bridgehead atoms. The Bertz CT molecular complexity index is 1170. The van der Waals surface area contributed by atoms with E-state index >= 15 is 0 Å². The van der Waals surface area contributed by atoms with Crippen molar-refractivity contribution < 1.29 is 13.6 Å². The van der Waals surface area contributed by atoms with Gasteiger partial charge >= 0.3 is 0 Å². The lowest BCUT2D eigenvalue weighted by Gasteiger charge is -2.03. The fourth-order valence-corrected chi connectivity index (χ4v) is 2.94. The number of rotatable bonds is 5. The van der Waals surface area contributed by atoms with E-state index in [0.29, 0.717) is 16.8 Å². The van der Waals surface area contributed by atoms with E-state index in [4.69, 9.17) is 11.6 Å². The van der Waals surface area contributed by atoms with Gasteiger partial charge in [0.05, 0.1) is 12.2 Å². The average Bonchev–Trinajstić information content (AvgIpc) is 3.32. The fraction of sp³-hybridized carbons (Fsp3) is 0.0500. The predicted molar refractivity (Wildman–Crippen MR) is 105 cm³/mol. The molecule has 0 fully saturated rings. The van der Waals surface area contributed by atoms with Crippen LogP contribution in [0.1, 0.15) is 16.1 Å². The number of halogens is 3. The molecule has 29 heavy (non-hydrogen) atoms. The summed E-state index contributed by atoms with van der Waals surface area (Å²) in [6.07, 6.45) is 1.50. The average molecular weight is 414 g/mol. The molecule has 2 aromatic heterocycles. The normalized spacial score (nSPS) is 10.9. The van der Waals surface area contributed by atoms with Gasteiger partial charge in [0.2, 0.25) is 0 Å². The van der Waals surface area contributed by atoms with Gasteiger partial charge in [-0.1, -0.05) is 29.8 Å². The summed E-state index contributed by atoms with van der Waals surface area (Å²) < 4.78 is 28.3. The summed E-state index contributed by atoms with van der Waals surface area (Å²) in [4.78, 5) is 12.5. The molecule has 4 aromatic rings. The number of aromatic amines is 1. The smallest absolute Gasteiger partial charge is 0.274 e. The Labute approximate surface area is 169 Å². The maximum atomic E-state index is 13.8. The molecule has 2 aromatic carbocycles. The van der Waals surface area contributed by atoms with E-state index in [9.17, 15) is 13.6 Å². The van der Waals surface area contributed by atoms with Crippen molar-refractivity contribution in [1.82, 2.24) is 20.0 Å². The van der Waals surface area contributed by atoms with E-state index in [1.807, 2.05) is 0 Å². The highest BCUT2D eigenvalue weighted by atomic mass is 35.5. The van der Waals surface area contributed by atoms with Gasteiger partial charge in [-0.3, -0.25) is 14.6 Å². The SMILES string of the molecule is O=C(Nc1nn(Cc2ccccc2F)cc1Cl)c1cc(-c2ccc(F)cc2)n[nH]1. The second-order valence-corrected chi connectivity index (χ2v) is 6.65. The van der Waals surface area contributed by atoms with E-state index < -0.39 is 5.91 Å². The number of amides is 1. The highest BCUT2D eigenvalue weighted by Crippen LogP contribution is 2.22. The van der Waals surface area contributed by atoms with Crippen LogP contribution in [0.3, 0.4) is 0 Å². The second-order valence-electron chi connectivity index (χ2n) is 6.24. The molecule has 0 saturated carbocycles. The van der Waals surface area contributed by atoms with Crippen molar-refractivity contribution in [2.45, 2.75) is 6.54 Å². The van der Waals surface area contributed by atoms with Crippen LogP contribution in [-0.4, -0.2) is 25.9 Å². The summed E-state index contributed by atoms with van der Waals surface area (Å²) in [5, 5.41) is 13.7. The van der Waals surface area contributed by atoms with Crippen molar-refractivity contribution in [3.63, 3.8) is 0 Å². The van der Waals surface area contributed by atoms with Crippen LogP contribution < -0.4 is 5.32 Å².